The van der Waals surface area contributed by atoms with Crippen LogP contribution in [0.5, 0.6) is 0 Å². The van der Waals surface area contributed by atoms with E-state index >= 15 is 0 Å². The Hall–Kier alpha value is -3.08. The van der Waals surface area contributed by atoms with Crippen LogP contribution in [-0.2, 0) is 6.42 Å². The van der Waals surface area contributed by atoms with E-state index in [-0.39, 0.29) is 11.9 Å². The molecule has 3 aromatic rings. The van der Waals surface area contributed by atoms with Gasteiger partial charge in [-0.15, -0.1) is 0 Å². The summed E-state index contributed by atoms with van der Waals surface area (Å²) in [6, 6.07) is 21.6. The van der Waals surface area contributed by atoms with Crippen molar-refractivity contribution in [2.75, 3.05) is 26.2 Å². The average molecular weight is 429 g/mol. The zero-order valence-electron chi connectivity index (χ0n) is 18.8. The van der Waals surface area contributed by atoms with Gasteiger partial charge in [0.1, 0.15) is 0 Å². The molecule has 2 aliphatic rings. The van der Waals surface area contributed by atoms with Crippen molar-refractivity contribution in [2.24, 2.45) is 0 Å². The van der Waals surface area contributed by atoms with E-state index in [1.165, 1.54) is 11.1 Å². The van der Waals surface area contributed by atoms with Crippen LogP contribution in [0.3, 0.4) is 0 Å². The normalized spacial score (nSPS) is 21.2. The summed E-state index contributed by atoms with van der Waals surface area (Å²) in [4.78, 5) is 17.4. The van der Waals surface area contributed by atoms with E-state index in [4.69, 9.17) is 0 Å². The monoisotopic (exact) mass is 428 g/mol. The third-order valence-corrected chi connectivity index (χ3v) is 7.06. The molecule has 5 rings (SSSR count). The highest BCUT2D eigenvalue weighted by atomic mass is 16.2. The van der Waals surface area contributed by atoms with Crippen LogP contribution in [0.2, 0.25) is 0 Å². The smallest absolute Gasteiger partial charge is 0.320 e. The number of nitrogens with one attached hydrogen (secondary N) is 1. The van der Waals surface area contributed by atoms with Crippen LogP contribution in [0.25, 0.3) is 11.3 Å². The summed E-state index contributed by atoms with van der Waals surface area (Å²) in [6.07, 6.45) is 4.30. The Morgan fingerprint density at radius 2 is 1.69 bits per heavy atom. The molecule has 2 amide bonds. The number of benzene rings is 2. The van der Waals surface area contributed by atoms with Crippen molar-refractivity contribution in [3.05, 3.63) is 77.5 Å². The second kappa shape index (κ2) is 9.19. The molecule has 1 N–H and O–H groups in total. The molecule has 3 heterocycles. The highest BCUT2D eigenvalue weighted by Crippen LogP contribution is 2.37. The van der Waals surface area contributed by atoms with Crippen molar-refractivity contribution >= 4 is 6.03 Å². The number of carbonyl (C=O) groups is 1. The van der Waals surface area contributed by atoms with Crippen molar-refractivity contribution in [1.29, 1.82) is 0 Å². The number of hydrogen-bond donors (Lipinski definition) is 1. The maximum absolute atomic E-state index is 13.3. The molecule has 1 aromatic heterocycles. The van der Waals surface area contributed by atoms with Gasteiger partial charge < -0.3 is 9.80 Å². The molecule has 2 atom stereocenters. The highest BCUT2D eigenvalue weighted by Gasteiger charge is 2.35. The van der Waals surface area contributed by atoms with Gasteiger partial charge in [0.25, 0.3) is 0 Å². The molecule has 2 saturated heterocycles. The number of H-pyrrole nitrogens is 1. The molecule has 0 aliphatic carbocycles. The predicted octanol–water partition coefficient (Wildman–Crippen LogP) is 5.43. The van der Waals surface area contributed by atoms with Gasteiger partial charge in [0.2, 0.25) is 0 Å². The van der Waals surface area contributed by atoms with Gasteiger partial charge in [0.15, 0.2) is 0 Å². The van der Waals surface area contributed by atoms with E-state index in [9.17, 15) is 4.79 Å². The summed E-state index contributed by atoms with van der Waals surface area (Å²) in [5, 5.41) is 7.88. The summed E-state index contributed by atoms with van der Waals surface area (Å²) < 4.78 is 0. The summed E-state index contributed by atoms with van der Waals surface area (Å²) in [5.41, 5.74) is 5.88. The van der Waals surface area contributed by atoms with Crippen LogP contribution < -0.4 is 0 Å². The Bertz CT molecular complexity index is 1040. The number of aromatic amines is 1. The van der Waals surface area contributed by atoms with Crippen LogP contribution >= 0.6 is 0 Å². The van der Waals surface area contributed by atoms with Crippen molar-refractivity contribution in [1.82, 2.24) is 20.0 Å². The van der Waals surface area contributed by atoms with E-state index in [0.717, 1.165) is 68.8 Å². The Kier molecular flexibility index (Phi) is 5.97. The lowest BCUT2D eigenvalue weighted by molar-refractivity contribution is 0.140. The number of nitrogens with zero attached hydrogens (tertiary/aromatic N) is 3. The molecule has 166 valence electrons. The number of carbonyl (C=O) groups excluding carboxylic acids is 1. The van der Waals surface area contributed by atoms with E-state index < -0.39 is 0 Å². The summed E-state index contributed by atoms with van der Waals surface area (Å²) in [5.74, 6) is 0.575. The summed E-state index contributed by atoms with van der Waals surface area (Å²) in [6.45, 7) is 5.49. The van der Waals surface area contributed by atoms with Crippen molar-refractivity contribution in [2.45, 2.75) is 44.4 Å². The third kappa shape index (κ3) is 4.29. The van der Waals surface area contributed by atoms with E-state index in [2.05, 4.69) is 64.5 Å². The zero-order valence-corrected chi connectivity index (χ0v) is 18.8. The average Bonchev–Trinajstić information content (AvgIpc) is 3.57. The van der Waals surface area contributed by atoms with Gasteiger partial charge in [-0.3, -0.25) is 5.10 Å². The number of urea groups is 1. The van der Waals surface area contributed by atoms with Gasteiger partial charge in [0.05, 0.1) is 5.69 Å². The maximum Gasteiger partial charge on any atom is 0.320 e. The second-order valence-corrected chi connectivity index (χ2v) is 9.18. The highest BCUT2D eigenvalue weighted by molar-refractivity contribution is 5.75. The van der Waals surface area contributed by atoms with E-state index in [1.54, 1.807) is 0 Å². The molecule has 0 saturated carbocycles. The van der Waals surface area contributed by atoms with Crippen LogP contribution in [0.4, 0.5) is 4.79 Å². The van der Waals surface area contributed by atoms with Crippen LogP contribution in [0.15, 0.2) is 60.7 Å². The molecule has 2 fully saturated rings. The molecule has 2 aromatic carbocycles. The van der Waals surface area contributed by atoms with Gasteiger partial charge in [-0.1, -0.05) is 61.5 Å². The van der Waals surface area contributed by atoms with Gasteiger partial charge in [0, 0.05) is 49.3 Å². The summed E-state index contributed by atoms with van der Waals surface area (Å²) >= 11 is 0. The number of rotatable bonds is 4. The lowest BCUT2D eigenvalue weighted by Gasteiger charge is -2.39. The number of hydrogen-bond acceptors (Lipinski definition) is 2. The molecule has 32 heavy (non-hydrogen) atoms. The summed E-state index contributed by atoms with van der Waals surface area (Å²) in [7, 11) is 0. The van der Waals surface area contributed by atoms with E-state index in [1.807, 2.05) is 23.1 Å². The van der Waals surface area contributed by atoms with Crippen LogP contribution in [0, 0.1) is 0 Å². The fourth-order valence-electron chi connectivity index (χ4n) is 5.16. The lowest BCUT2D eigenvalue weighted by atomic mass is 9.82. The van der Waals surface area contributed by atoms with Crippen LogP contribution in [0.1, 0.15) is 54.8 Å². The van der Waals surface area contributed by atoms with Crippen molar-refractivity contribution in [3.63, 3.8) is 0 Å². The predicted molar refractivity (Wildman–Crippen MR) is 128 cm³/mol. The van der Waals surface area contributed by atoms with Crippen molar-refractivity contribution in [3.8, 4) is 11.3 Å². The fourth-order valence-corrected chi connectivity index (χ4v) is 5.16. The number of piperidine rings is 1. The van der Waals surface area contributed by atoms with Crippen LogP contribution in [-0.4, -0.2) is 52.2 Å². The number of amides is 2. The first-order valence-corrected chi connectivity index (χ1v) is 11.9. The zero-order chi connectivity index (χ0) is 21.9. The molecule has 5 nitrogen and oxygen atoms in total. The first-order valence-electron chi connectivity index (χ1n) is 11.9. The third-order valence-electron chi connectivity index (χ3n) is 7.06. The van der Waals surface area contributed by atoms with Gasteiger partial charge in [-0.25, -0.2) is 4.79 Å². The Morgan fingerprint density at radius 3 is 2.41 bits per heavy atom. The topological polar surface area (TPSA) is 52.2 Å². The molecular formula is C27H32N4O. The molecular weight excluding hydrogens is 396 g/mol. The SMILES string of the molecule is CCc1ccc(C2CC(c3cc(-c4ccccc4)n[nH]3)CN(C(=O)N3CCCC3)C2)cc1. The van der Waals surface area contributed by atoms with Crippen molar-refractivity contribution < 1.29 is 4.79 Å². The van der Waals surface area contributed by atoms with Gasteiger partial charge >= 0.3 is 6.03 Å². The largest absolute Gasteiger partial charge is 0.325 e. The van der Waals surface area contributed by atoms with E-state index in [0.29, 0.717) is 5.92 Å². The first kappa shape index (κ1) is 20.8. The number of aromatic nitrogens is 2. The van der Waals surface area contributed by atoms with Gasteiger partial charge in [-0.05, 0) is 42.9 Å². The second-order valence-electron chi connectivity index (χ2n) is 9.18. The first-order chi connectivity index (χ1) is 15.7. The molecule has 2 aliphatic heterocycles. The molecule has 2 unspecified atom stereocenters. The number of likely N-dealkylation sites (tertiary alicyclic amines) is 2. The minimum absolute atomic E-state index is 0.199. The quantitative estimate of drug-likeness (QED) is 0.603. The molecule has 0 spiro atoms. The maximum atomic E-state index is 13.3. The molecule has 0 radical (unpaired) electrons. The number of aryl methyl sites for hydroxylation is 1. The standard InChI is InChI=1S/C27H32N4O/c1-2-20-10-12-21(13-11-20)23-16-24(19-31(18-23)27(32)30-14-6-7-15-30)26-17-25(28-29-26)22-8-4-3-5-9-22/h3-5,8-13,17,23-24H,2,6-7,14-16,18-19H2,1H3,(H,28,29). The minimum Gasteiger partial charge on any atom is -0.325 e. The lowest BCUT2D eigenvalue weighted by Crippen LogP contribution is -2.48. The molecule has 5 heteroatoms. The van der Waals surface area contributed by atoms with Gasteiger partial charge in [-0.2, -0.15) is 5.10 Å². The Labute approximate surface area is 190 Å². The fraction of sp³-hybridized carbons (Fsp3) is 0.407. The molecule has 0 bridgehead atoms. The Balaban J connectivity index is 1.41. The Morgan fingerprint density at radius 1 is 0.969 bits per heavy atom. The minimum atomic E-state index is 0.199.